The van der Waals surface area contributed by atoms with Crippen LogP contribution in [0.15, 0.2) is 140 Å². The van der Waals surface area contributed by atoms with Gasteiger partial charge < -0.3 is 44.1 Å². The van der Waals surface area contributed by atoms with Crippen LogP contribution in [0.1, 0.15) is 129 Å². The highest BCUT2D eigenvalue weighted by atomic mass is 32.1. The summed E-state index contributed by atoms with van der Waals surface area (Å²) >= 11 is 2.44. The number of ketones is 2. The van der Waals surface area contributed by atoms with E-state index in [-0.39, 0.29) is 26.0 Å². The Hall–Kier alpha value is -7.75. The molecule has 6 rings (SSSR count). The highest BCUT2D eigenvalue weighted by Gasteiger charge is 2.44. The van der Waals surface area contributed by atoms with E-state index in [1.54, 1.807) is 111 Å². The van der Waals surface area contributed by atoms with Crippen LogP contribution in [0.25, 0.3) is 33.0 Å². The van der Waals surface area contributed by atoms with Gasteiger partial charge in [-0.25, -0.2) is 14.5 Å². The van der Waals surface area contributed by atoms with Crippen molar-refractivity contribution in [3.63, 3.8) is 0 Å². The molecule has 2 aliphatic rings. The summed E-state index contributed by atoms with van der Waals surface area (Å²) in [5.41, 5.74) is 14.2. The molecule has 2 aromatic heterocycles. The highest BCUT2D eigenvalue weighted by molar-refractivity contribution is 7.53. The van der Waals surface area contributed by atoms with Crippen LogP contribution in [0, 0.1) is 34.5 Å². The number of halogens is 6. The first-order chi connectivity index (χ1) is 45.4. The molecule has 4 aromatic rings. The van der Waals surface area contributed by atoms with Crippen molar-refractivity contribution < 1.29 is 94.1 Å². The number of para-hydroxylation sites is 2. The lowest BCUT2D eigenvalue weighted by Gasteiger charge is -2.34. The second kappa shape index (κ2) is 37.3. The van der Waals surface area contributed by atoms with Gasteiger partial charge in [-0.1, -0.05) is 133 Å². The zero-order chi connectivity index (χ0) is 72.6. The van der Waals surface area contributed by atoms with E-state index in [9.17, 15) is 75.6 Å². The second-order valence-corrected chi connectivity index (χ2v) is 27.5. The first-order valence-corrected chi connectivity index (χ1v) is 33.7. The highest BCUT2D eigenvalue weighted by Crippen LogP contribution is 2.50. The SMILES string of the molecule is C/C(=C\c1csc(CN=[N+]=[N-])n1)[C@@H]1C/C=C(/C(F)(F)F)C/C=C/[C@H](C)[C@H](O)[C@@H](C)C(=O)C(C)(C)[C@@H](O)CC(=O)O1.C/C(=C\c1csc(CO)n1)[C@@H]1C/C=C(/C(F)(F)F)C/C=C/[C@H](C)[C@H](O)[C@@H](C)C(=O)C(C)(C)[C@@H](O)CC(=O)O1.[N-]=[N+]=NP(=O)(Oc1ccccc1)Oc1ccccc1. The molecule has 2 aromatic carbocycles. The molecular formula is C66H81F6N8O14PS2. The summed E-state index contributed by atoms with van der Waals surface area (Å²) in [6, 6.07) is 16.8. The lowest BCUT2D eigenvalue weighted by atomic mass is 9.73. The predicted molar refractivity (Wildman–Crippen MR) is 353 cm³/mol. The number of aromatic nitrogens is 2. The number of rotatable bonds is 12. The minimum Gasteiger partial charge on any atom is -0.457 e. The number of hydrogen-bond donors (Lipinski definition) is 5. The molecule has 2 aliphatic heterocycles. The average molecular weight is 1420 g/mol. The lowest BCUT2D eigenvalue weighted by Crippen LogP contribution is -2.45. The number of thiazole rings is 2. The van der Waals surface area contributed by atoms with Gasteiger partial charge >= 0.3 is 32.0 Å². The van der Waals surface area contributed by atoms with Gasteiger partial charge in [0.05, 0.1) is 77.6 Å². The number of alkyl halides is 6. The zero-order valence-electron chi connectivity index (χ0n) is 55.0. The monoisotopic (exact) mass is 1420 g/mol. The number of azide groups is 2. The van der Waals surface area contributed by atoms with E-state index in [0.29, 0.717) is 44.0 Å². The van der Waals surface area contributed by atoms with Gasteiger partial charge in [-0.3, -0.25) is 19.2 Å². The maximum absolute atomic E-state index is 13.8. The third-order valence-electron chi connectivity index (χ3n) is 16.0. The average Bonchev–Trinajstić information content (AvgIpc) is 1.48. The maximum Gasteiger partial charge on any atom is 0.525 e. The van der Waals surface area contributed by atoms with Gasteiger partial charge in [0.2, 0.25) is 0 Å². The molecule has 22 nitrogen and oxygen atoms in total. The van der Waals surface area contributed by atoms with Crippen molar-refractivity contribution in [2.45, 2.75) is 170 Å². The quantitative estimate of drug-likeness (QED) is 0.0167. The summed E-state index contributed by atoms with van der Waals surface area (Å²) in [6.07, 6.45) is -9.01. The van der Waals surface area contributed by atoms with Gasteiger partial charge in [0.25, 0.3) is 0 Å². The number of carbonyl (C=O) groups is 4. The summed E-state index contributed by atoms with van der Waals surface area (Å²) in [5.74, 6) is -5.33. The number of ether oxygens (including phenoxy) is 2. The van der Waals surface area contributed by atoms with E-state index in [1.807, 2.05) is 0 Å². The van der Waals surface area contributed by atoms with Gasteiger partial charge in [0, 0.05) is 73.1 Å². The number of allylic oxidation sites excluding steroid dienone is 4. The molecule has 0 fully saturated rings. The van der Waals surface area contributed by atoms with Gasteiger partial charge in [-0.2, -0.15) is 26.3 Å². The van der Waals surface area contributed by atoms with Crippen LogP contribution in [0.3, 0.4) is 0 Å². The summed E-state index contributed by atoms with van der Waals surface area (Å²) in [6.45, 7) is 15.0. The summed E-state index contributed by atoms with van der Waals surface area (Å²) in [4.78, 5) is 68.8. The Balaban J connectivity index is 0.000000327. The predicted octanol–water partition coefficient (Wildman–Crippen LogP) is 15.4. The minimum atomic E-state index is -4.65. The van der Waals surface area contributed by atoms with Crippen LogP contribution in [0.4, 0.5) is 26.3 Å². The molecule has 0 saturated heterocycles. The number of Topliss-reactive ketones (excluding diaryl/α,β-unsaturated/α-hetero) is 2. The van der Waals surface area contributed by atoms with Crippen molar-refractivity contribution in [3.8, 4) is 11.5 Å². The molecule has 4 heterocycles. The normalized spacial score (nSPS) is 26.3. The molecule has 0 spiro atoms. The van der Waals surface area contributed by atoms with E-state index in [0.717, 1.165) is 12.2 Å². The molecule has 10 atom stereocenters. The van der Waals surface area contributed by atoms with Gasteiger partial charge in [-0.05, 0) is 85.3 Å². The Kier molecular flexibility index (Phi) is 31.4. The van der Waals surface area contributed by atoms with Crippen LogP contribution >= 0.6 is 30.4 Å². The van der Waals surface area contributed by atoms with E-state index >= 15 is 0 Å². The number of aliphatic hydroxyl groups is 5. The van der Waals surface area contributed by atoms with Crippen molar-refractivity contribution in [1.29, 1.82) is 0 Å². The number of hydrogen-bond acceptors (Lipinski definition) is 19. The molecule has 0 bridgehead atoms. The Morgan fingerprint density at radius 3 is 1.39 bits per heavy atom. The standard InChI is InChI=1S/C27H35F3N4O5S.C27H36F3NO6S.C12H10N3O3P/c1-15-7-6-8-18(27(28,29)30)9-10-20(16(2)11-19-14-40-22(33-19)13-32-34-31)39-23(36)12-21(35)26(4,5)25(38)17(3)24(15)37;1-15-7-6-8-18(27(28,29)30)9-10-20(16(2)11-19-14-38-22(13-32)31-19)37-23(34)12-21(33)26(4,5)25(36)17(3)24(15)35;13-14-15-19(16,17-11-7-3-1-4-8-11)18-12-9-5-2-6-10-12/h6-7,9,11,14-15,17,20-21,24,35,37H,8,10,12-13H2,1-5H3;6-7,9,11,14-15,17,20-21,24,32-33,35H,8,10,12-13H2,1-5H3;1-10H/b2*7-6+,16-11+,18-9+;/t2*15-,17+,20-,21-,24-;/m00./s1. The molecule has 31 heteroatoms. The molecule has 97 heavy (non-hydrogen) atoms. The largest absolute Gasteiger partial charge is 0.525 e. The number of carbonyl (C=O) groups excluding carboxylic acids is 4. The lowest BCUT2D eigenvalue weighted by molar-refractivity contribution is -0.155. The summed E-state index contributed by atoms with van der Waals surface area (Å²) in [5, 5.41) is 59.9. The van der Waals surface area contributed by atoms with Gasteiger partial charge in [-0.15, -0.1) is 22.7 Å². The Morgan fingerprint density at radius 1 is 0.660 bits per heavy atom. The summed E-state index contributed by atoms with van der Waals surface area (Å²) in [7, 11) is -3.95. The van der Waals surface area contributed by atoms with E-state index < -0.39 is 152 Å². The fourth-order valence-electron chi connectivity index (χ4n) is 9.80. The van der Waals surface area contributed by atoms with Gasteiger partial charge in [0.1, 0.15) is 40.3 Å². The molecule has 0 saturated carbocycles. The van der Waals surface area contributed by atoms with Crippen LogP contribution < -0.4 is 9.05 Å². The first kappa shape index (κ1) is 81.7. The minimum absolute atomic E-state index is 0.0400. The number of nitrogens with zero attached hydrogens (tertiary/aromatic N) is 8. The van der Waals surface area contributed by atoms with Crippen LogP contribution in [-0.2, 0) is 46.4 Å². The third kappa shape index (κ3) is 25.6. The molecule has 0 amide bonds. The third-order valence-corrected chi connectivity index (χ3v) is 18.8. The van der Waals surface area contributed by atoms with Crippen molar-refractivity contribution in [2.75, 3.05) is 0 Å². The van der Waals surface area contributed by atoms with Crippen LogP contribution in [-0.4, -0.2) is 108 Å². The molecule has 0 unspecified atom stereocenters. The van der Waals surface area contributed by atoms with Crippen molar-refractivity contribution in [1.82, 2.24) is 9.97 Å². The molecule has 5 N–H and O–H groups in total. The Labute approximate surface area is 566 Å². The van der Waals surface area contributed by atoms with Gasteiger partial charge in [0.15, 0.2) is 0 Å². The fourth-order valence-corrected chi connectivity index (χ4v) is 12.1. The number of cyclic esters (lactones) is 2. The van der Waals surface area contributed by atoms with Crippen molar-refractivity contribution in [2.24, 2.45) is 44.5 Å². The Bertz CT molecular complexity index is 3590. The second-order valence-electron chi connectivity index (χ2n) is 24.1. The first-order valence-electron chi connectivity index (χ1n) is 30.5. The zero-order valence-corrected chi connectivity index (χ0v) is 57.5. The fraction of sp³-hybridized carbons (Fsp3) is 0.485. The van der Waals surface area contributed by atoms with Crippen molar-refractivity contribution in [3.05, 3.63) is 172 Å². The van der Waals surface area contributed by atoms with E-state index in [1.165, 1.54) is 88.5 Å². The van der Waals surface area contributed by atoms with Crippen LogP contribution in [0.5, 0.6) is 11.5 Å². The number of esters is 2. The van der Waals surface area contributed by atoms with Crippen LogP contribution in [0.2, 0.25) is 0 Å². The molecule has 528 valence electrons. The van der Waals surface area contributed by atoms with Crippen molar-refractivity contribution >= 4 is 66.1 Å². The molecule has 0 radical (unpaired) electrons. The Morgan fingerprint density at radius 2 is 1.04 bits per heavy atom. The topological polar surface area (TPSA) is 347 Å². The molecular weight excluding hydrogens is 1340 g/mol. The summed E-state index contributed by atoms with van der Waals surface area (Å²) < 4.78 is 116. The smallest absolute Gasteiger partial charge is 0.457 e. The number of aliphatic hydroxyl groups excluding tert-OH is 5. The van der Waals surface area contributed by atoms with E-state index in [2.05, 4.69) is 29.8 Å². The molecule has 0 aliphatic carbocycles. The van der Waals surface area contributed by atoms with E-state index in [4.69, 9.17) is 29.6 Å². The number of benzene rings is 2. The maximum atomic E-state index is 13.8.